The van der Waals surface area contributed by atoms with Crippen LogP contribution in [0.3, 0.4) is 0 Å². The fraction of sp³-hybridized carbons (Fsp3) is 0.0625. The van der Waals surface area contributed by atoms with E-state index in [-0.39, 0.29) is 5.91 Å². The SMILES string of the molecule is O=C(Nc1nnc(-c2ccccc2)s1)c1cccc(CCl)c1. The molecule has 0 bridgehead atoms. The van der Waals surface area contributed by atoms with Gasteiger partial charge in [0, 0.05) is 17.0 Å². The number of aromatic nitrogens is 2. The first-order chi connectivity index (χ1) is 10.8. The van der Waals surface area contributed by atoms with Gasteiger partial charge in [-0.15, -0.1) is 21.8 Å². The number of carbonyl (C=O) groups excluding carboxylic acids is 1. The second-order valence-corrected chi connectivity index (χ2v) is 5.81. The van der Waals surface area contributed by atoms with E-state index in [9.17, 15) is 4.79 Å². The van der Waals surface area contributed by atoms with Gasteiger partial charge in [0.25, 0.3) is 5.91 Å². The summed E-state index contributed by atoms with van der Waals surface area (Å²) in [5.41, 5.74) is 2.43. The largest absolute Gasteiger partial charge is 0.296 e. The highest BCUT2D eigenvalue weighted by molar-refractivity contribution is 7.18. The molecule has 0 atom stereocenters. The molecule has 2 aromatic carbocycles. The molecule has 0 aliphatic carbocycles. The summed E-state index contributed by atoms with van der Waals surface area (Å²) in [6.45, 7) is 0. The number of nitrogens with one attached hydrogen (secondary N) is 1. The second-order valence-electron chi connectivity index (χ2n) is 4.57. The highest BCUT2D eigenvalue weighted by atomic mass is 35.5. The minimum Gasteiger partial charge on any atom is -0.296 e. The standard InChI is InChI=1S/C16H12ClN3OS/c17-10-11-5-4-8-13(9-11)14(21)18-16-20-19-15(22-16)12-6-2-1-3-7-12/h1-9H,10H2,(H,18,20,21). The van der Waals surface area contributed by atoms with Crippen LogP contribution in [0.5, 0.6) is 0 Å². The summed E-state index contributed by atoms with van der Waals surface area (Å²) in [7, 11) is 0. The molecular weight excluding hydrogens is 318 g/mol. The van der Waals surface area contributed by atoms with Crippen LogP contribution in [-0.2, 0) is 5.88 Å². The zero-order valence-electron chi connectivity index (χ0n) is 11.5. The van der Waals surface area contributed by atoms with Crippen molar-refractivity contribution in [2.24, 2.45) is 0 Å². The van der Waals surface area contributed by atoms with Crippen LogP contribution < -0.4 is 5.32 Å². The van der Waals surface area contributed by atoms with Crippen molar-refractivity contribution >= 4 is 34.0 Å². The number of hydrogen-bond donors (Lipinski definition) is 1. The lowest BCUT2D eigenvalue weighted by Crippen LogP contribution is -2.11. The molecule has 0 aliphatic rings. The van der Waals surface area contributed by atoms with Gasteiger partial charge in [0.2, 0.25) is 5.13 Å². The van der Waals surface area contributed by atoms with E-state index in [0.29, 0.717) is 16.6 Å². The zero-order valence-corrected chi connectivity index (χ0v) is 13.1. The van der Waals surface area contributed by atoms with Gasteiger partial charge in [0.15, 0.2) is 0 Å². The highest BCUT2D eigenvalue weighted by Crippen LogP contribution is 2.26. The summed E-state index contributed by atoms with van der Waals surface area (Å²) in [6, 6.07) is 16.9. The Balaban J connectivity index is 1.76. The summed E-state index contributed by atoms with van der Waals surface area (Å²) >= 11 is 7.12. The van der Waals surface area contributed by atoms with Gasteiger partial charge in [0.1, 0.15) is 5.01 Å². The van der Waals surface area contributed by atoms with Crippen molar-refractivity contribution in [3.05, 3.63) is 65.7 Å². The van der Waals surface area contributed by atoms with Crippen LogP contribution in [0.15, 0.2) is 54.6 Å². The molecule has 4 nitrogen and oxygen atoms in total. The number of carbonyl (C=O) groups is 1. The van der Waals surface area contributed by atoms with E-state index in [4.69, 9.17) is 11.6 Å². The summed E-state index contributed by atoms with van der Waals surface area (Å²) in [6.07, 6.45) is 0. The van der Waals surface area contributed by atoms with Crippen molar-refractivity contribution < 1.29 is 4.79 Å². The molecule has 22 heavy (non-hydrogen) atoms. The van der Waals surface area contributed by atoms with E-state index in [1.54, 1.807) is 12.1 Å². The lowest BCUT2D eigenvalue weighted by molar-refractivity contribution is 0.102. The highest BCUT2D eigenvalue weighted by Gasteiger charge is 2.11. The molecule has 110 valence electrons. The average Bonchev–Trinajstić information content (AvgIpc) is 3.04. The zero-order chi connectivity index (χ0) is 15.4. The van der Waals surface area contributed by atoms with E-state index in [1.165, 1.54) is 11.3 Å². The Morgan fingerprint density at radius 3 is 2.68 bits per heavy atom. The Morgan fingerprint density at radius 2 is 1.91 bits per heavy atom. The van der Waals surface area contributed by atoms with Gasteiger partial charge in [-0.25, -0.2) is 0 Å². The monoisotopic (exact) mass is 329 g/mol. The van der Waals surface area contributed by atoms with E-state index < -0.39 is 0 Å². The van der Waals surface area contributed by atoms with E-state index >= 15 is 0 Å². The van der Waals surface area contributed by atoms with Crippen LogP contribution in [0.1, 0.15) is 15.9 Å². The smallest absolute Gasteiger partial charge is 0.257 e. The van der Waals surface area contributed by atoms with Crippen molar-refractivity contribution in [3.8, 4) is 10.6 Å². The molecule has 0 fully saturated rings. The predicted octanol–water partition coefficient (Wildman–Crippen LogP) is 4.20. The quantitative estimate of drug-likeness (QED) is 0.730. The molecule has 3 aromatic rings. The maximum atomic E-state index is 12.2. The molecule has 6 heteroatoms. The second kappa shape index (κ2) is 6.68. The number of halogens is 1. The van der Waals surface area contributed by atoms with Crippen molar-refractivity contribution in [3.63, 3.8) is 0 Å². The minimum absolute atomic E-state index is 0.220. The predicted molar refractivity (Wildman–Crippen MR) is 89.3 cm³/mol. The molecule has 0 radical (unpaired) electrons. The maximum Gasteiger partial charge on any atom is 0.257 e. The van der Waals surface area contributed by atoms with Crippen LogP contribution >= 0.6 is 22.9 Å². The van der Waals surface area contributed by atoms with Crippen LogP contribution in [0.25, 0.3) is 10.6 Å². The molecule has 1 N–H and O–H groups in total. The lowest BCUT2D eigenvalue weighted by atomic mass is 10.1. The normalized spacial score (nSPS) is 10.4. The van der Waals surface area contributed by atoms with Gasteiger partial charge >= 0.3 is 0 Å². The Morgan fingerprint density at radius 1 is 1.09 bits per heavy atom. The summed E-state index contributed by atoms with van der Waals surface area (Å²) in [5, 5.41) is 12.1. The Hall–Kier alpha value is -2.24. The molecule has 3 rings (SSSR count). The van der Waals surface area contributed by atoms with Crippen LogP contribution in [0, 0.1) is 0 Å². The fourth-order valence-electron chi connectivity index (χ4n) is 1.94. The summed E-state index contributed by atoms with van der Waals surface area (Å²) < 4.78 is 0. The number of nitrogens with zero attached hydrogens (tertiary/aromatic N) is 2. The summed E-state index contributed by atoms with van der Waals surface area (Å²) in [4.78, 5) is 12.2. The lowest BCUT2D eigenvalue weighted by Gasteiger charge is -2.02. The first-order valence-electron chi connectivity index (χ1n) is 6.61. The molecule has 1 amide bonds. The Bertz CT molecular complexity index is 789. The minimum atomic E-state index is -0.220. The number of benzene rings is 2. The molecular formula is C16H12ClN3OS. The van der Waals surface area contributed by atoms with E-state index in [2.05, 4.69) is 15.5 Å². The number of amides is 1. The average molecular weight is 330 g/mol. The van der Waals surface area contributed by atoms with Gasteiger partial charge in [-0.05, 0) is 17.7 Å². The van der Waals surface area contributed by atoms with Crippen molar-refractivity contribution in [1.29, 1.82) is 0 Å². The van der Waals surface area contributed by atoms with Gasteiger partial charge in [0.05, 0.1) is 0 Å². The first kappa shape index (κ1) is 14.7. The fourth-order valence-corrected chi connectivity index (χ4v) is 2.85. The van der Waals surface area contributed by atoms with Crippen LogP contribution in [-0.4, -0.2) is 16.1 Å². The first-order valence-corrected chi connectivity index (χ1v) is 7.96. The molecule has 1 aromatic heterocycles. The maximum absolute atomic E-state index is 12.2. The molecule has 0 spiro atoms. The topological polar surface area (TPSA) is 54.9 Å². The third kappa shape index (κ3) is 3.32. The number of rotatable bonds is 4. The molecule has 0 saturated heterocycles. The van der Waals surface area contributed by atoms with Gasteiger partial charge in [-0.2, -0.15) is 0 Å². The van der Waals surface area contributed by atoms with Crippen molar-refractivity contribution in [2.45, 2.75) is 5.88 Å². The third-order valence-electron chi connectivity index (χ3n) is 3.01. The summed E-state index contributed by atoms with van der Waals surface area (Å²) in [5.74, 6) is 0.153. The number of hydrogen-bond acceptors (Lipinski definition) is 4. The van der Waals surface area contributed by atoms with Crippen LogP contribution in [0.4, 0.5) is 5.13 Å². The van der Waals surface area contributed by atoms with E-state index in [0.717, 1.165) is 16.1 Å². The molecule has 0 unspecified atom stereocenters. The Labute approximate surface area is 136 Å². The van der Waals surface area contributed by atoms with Gasteiger partial charge < -0.3 is 0 Å². The van der Waals surface area contributed by atoms with E-state index in [1.807, 2.05) is 42.5 Å². The van der Waals surface area contributed by atoms with Crippen LogP contribution in [0.2, 0.25) is 0 Å². The molecule has 1 heterocycles. The van der Waals surface area contributed by atoms with Gasteiger partial charge in [-0.1, -0.05) is 53.8 Å². The van der Waals surface area contributed by atoms with Gasteiger partial charge in [-0.3, -0.25) is 10.1 Å². The molecule has 0 aliphatic heterocycles. The Kier molecular flexibility index (Phi) is 4.46. The van der Waals surface area contributed by atoms with Crippen molar-refractivity contribution in [1.82, 2.24) is 10.2 Å². The number of alkyl halides is 1. The molecule has 0 saturated carbocycles. The number of anilines is 1. The van der Waals surface area contributed by atoms with Crippen molar-refractivity contribution in [2.75, 3.05) is 5.32 Å². The third-order valence-corrected chi connectivity index (χ3v) is 4.21.